The molecule has 1 atom stereocenters. The predicted octanol–water partition coefficient (Wildman–Crippen LogP) is 3.91. The van der Waals surface area contributed by atoms with Crippen molar-refractivity contribution in [3.05, 3.63) is 65.0 Å². The maximum atomic E-state index is 13.1. The molecule has 0 bridgehead atoms. The molecule has 0 N–H and O–H groups in total. The standard InChI is InChI=1S/C25H31N3O/c1-27-17-22(19-6-3-2-4-7-19)15-25(18-27)10-12-28(13-11-25)24(29)21-14-20-8-5-9-23(20)26-16-21/h2-4,6-7,14,16,22H,5,8-13,15,17-18H2,1H3. The van der Waals surface area contributed by atoms with Crippen LogP contribution in [0.4, 0.5) is 0 Å². The van der Waals surface area contributed by atoms with Gasteiger partial charge in [0.25, 0.3) is 5.91 Å². The van der Waals surface area contributed by atoms with Gasteiger partial charge in [-0.25, -0.2) is 0 Å². The topological polar surface area (TPSA) is 36.4 Å². The van der Waals surface area contributed by atoms with E-state index in [0.717, 1.165) is 57.4 Å². The van der Waals surface area contributed by atoms with Crippen LogP contribution in [0.5, 0.6) is 0 Å². The number of likely N-dealkylation sites (tertiary alicyclic amines) is 2. The van der Waals surface area contributed by atoms with E-state index in [1.54, 1.807) is 6.20 Å². The summed E-state index contributed by atoms with van der Waals surface area (Å²) in [4.78, 5) is 22.2. The number of aromatic nitrogens is 1. The van der Waals surface area contributed by atoms with Crippen LogP contribution in [0, 0.1) is 5.41 Å². The van der Waals surface area contributed by atoms with Crippen LogP contribution in [-0.2, 0) is 12.8 Å². The highest BCUT2D eigenvalue weighted by Crippen LogP contribution is 2.44. The first-order chi connectivity index (χ1) is 14.1. The van der Waals surface area contributed by atoms with Crippen LogP contribution in [0.25, 0.3) is 0 Å². The van der Waals surface area contributed by atoms with E-state index in [-0.39, 0.29) is 5.91 Å². The summed E-state index contributed by atoms with van der Waals surface area (Å²) < 4.78 is 0. The third-order valence-corrected chi connectivity index (χ3v) is 7.37. The fraction of sp³-hybridized carbons (Fsp3) is 0.520. The number of pyridine rings is 1. The number of carbonyl (C=O) groups is 1. The van der Waals surface area contributed by atoms with Crippen LogP contribution in [0.1, 0.15) is 58.8 Å². The molecule has 29 heavy (non-hydrogen) atoms. The van der Waals surface area contributed by atoms with Crippen molar-refractivity contribution in [2.75, 3.05) is 33.2 Å². The molecule has 5 rings (SSSR count). The van der Waals surface area contributed by atoms with E-state index in [2.05, 4.69) is 58.2 Å². The molecule has 0 saturated carbocycles. The molecule has 1 aromatic carbocycles. The molecule has 1 amide bonds. The average molecular weight is 390 g/mol. The molecular formula is C25H31N3O. The van der Waals surface area contributed by atoms with E-state index in [0.29, 0.717) is 11.3 Å². The predicted molar refractivity (Wildman–Crippen MR) is 115 cm³/mol. The lowest BCUT2D eigenvalue weighted by Crippen LogP contribution is -2.51. The van der Waals surface area contributed by atoms with Crippen molar-refractivity contribution in [3.63, 3.8) is 0 Å². The van der Waals surface area contributed by atoms with Gasteiger partial charge in [0, 0.05) is 38.1 Å². The number of piperidine rings is 2. The van der Waals surface area contributed by atoms with Crippen LogP contribution in [0.2, 0.25) is 0 Å². The first-order valence-corrected chi connectivity index (χ1v) is 11.1. The van der Waals surface area contributed by atoms with Crippen molar-refractivity contribution in [1.29, 1.82) is 0 Å². The lowest BCUT2D eigenvalue weighted by molar-refractivity contribution is 0.0224. The Kier molecular flexibility index (Phi) is 4.91. The first kappa shape index (κ1) is 18.8. The van der Waals surface area contributed by atoms with Gasteiger partial charge in [0.15, 0.2) is 0 Å². The highest BCUT2D eigenvalue weighted by Gasteiger charge is 2.42. The number of carbonyl (C=O) groups excluding carboxylic acids is 1. The number of hydrogen-bond acceptors (Lipinski definition) is 3. The van der Waals surface area contributed by atoms with E-state index in [9.17, 15) is 4.79 Å². The van der Waals surface area contributed by atoms with Gasteiger partial charge in [-0.2, -0.15) is 0 Å². The molecule has 3 aliphatic rings. The van der Waals surface area contributed by atoms with Gasteiger partial charge in [-0.15, -0.1) is 0 Å². The molecule has 0 radical (unpaired) electrons. The third-order valence-electron chi connectivity index (χ3n) is 7.37. The number of nitrogens with zero attached hydrogens (tertiary/aromatic N) is 3. The monoisotopic (exact) mass is 389 g/mol. The Morgan fingerprint density at radius 3 is 2.72 bits per heavy atom. The molecule has 152 valence electrons. The van der Waals surface area contributed by atoms with Crippen LogP contribution in [0.3, 0.4) is 0 Å². The van der Waals surface area contributed by atoms with Crippen molar-refractivity contribution in [2.45, 2.75) is 44.4 Å². The largest absolute Gasteiger partial charge is 0.339 e. The second kappa shape index (κ2) is 7.56. The maximum Gasteiger partial charge on any atom is 0.255 e. The zero-order valence-electron chi connectivity index (χ0n) is 17.4. The molecule has 2 aliphatic heterocycles. The Balaban J connectivity index is 1.27. The number of likely N-dealkylation sites (N-methyl/N-ethyl adjacent to an activating group) is 1. The summed E-state index contributed by atoms with van der Waals surface area (Å²) in [6.07, 6.45) is 8.55. The SMILES string of the molecule is CN1CC(c2ccccc2)CC2(CCN(C(=O)c3cnc4c(c3)CCC4)CC2)C1. The summed E-state index contributed by atoms with van der Waals surface area (Å²) in [6, 6.07) is 13.1. The minimum atomic E-state index is 0.172. The summed E-state index contributed by atoms with van der Waals surface area (Å²) >= 11 is 0. The van der Waals surface area contributed by atoms with E-state index >= 15 is 0 Å². The molecule has 1 aromatic heterocycles. The van der Waals surface area contributed by atoms with E-state index < -0.39 is 0 Å². The quantitative estimate of drug-likeness (QED) is 0.781. The molecule has 2 aromatic rings. The van der Waals surface area contributed by atoms with Crippen molar-refractivity contribution in [2.24, 2.45) is 5.41 Å². The highest BCUT2D eigenvalue weighted by molar-refractivity contribution is 5.94. The number of amides is 1. The molecule has 4 heteroatoms. The van der Waals surface area contributed by atoms with E-state index in [1.807, 2.05) is 0 Å². The number of hydrogen-bond donors (Lipinski definition) is 0. The normalized spacial score (nSPS) is 23.9. The smallest absolute Gasteiger partial charge is 0.255 e. The van der Waals surface area contributed by atoms with Crippen LogP contribution in [-0.4, -0.2) is 53.9 Å². The Bertz CT molecular complexity index is 886. The van der Waals surface area contributed by atoms with Crippen LogP contribution < -0.4 is 0 Å². The average Bonchev–Trinajstić information content (AvgIpc) is 3.22. The Labute approximate surface area is 173 Å². The molecule has 1 aliphatic carbocycles. The third kappa shape index (κ3) is 3.71. The van der Waals surface area contributed by atoms with E-state index in [1.165, 1.54) is 29.7 Å². The molecule has 1 spiro atoms. The summed E-state index contributed by atoms with van der Waals surface area (Å²) in [5, 5.41) is 0. The lowest BCUT2D eigenvalue weighted by atomic mass is 9.68. The number of aryl methyl sites for hydroxylation is 2. The Morgan fingerprint density at radius 2 is 1.93 bits per heavy atom. The van der Waals surface area contributed by atoms with Crippen molar-refractivity contribution < 1.29 is 4.79 Å². The lowest BCUT2D eigenvalue weighted by Gasteiger charge is -2.49. The van der Waals surface area contributed by atoms with Gasteiger partial charge in [-0.3, -0.25) is 9.78 Å². The van der Waals surface area contributed by atoms with Crippen molar-refractivity contribution in [1.82, 2.24) is 14.8 Å². The molecule has 2 saturated heterocycles. The van der Waals surface area contributed by atoms with Gasteiger partial charge in [0.1, 0.15) is 0 Å². The fourth-order valence-electron chi connectivity index (χ4n) is 5.89. The summed E-state index contributed by atoms with van der Waals surface area (Å²) in [6.45, 7) is 4.02. The zero-order valence-corrected chi connectivity index (χ0v) is 17.4. The first-order valence-electron chi connectivity index (χ1n) is 11.1. The number of fused-ring (bicyclic) bond motifs is 1. The van der Waals surface area contributed by atoms with E-state index in [4.69, 9.17) is 0 Å². The second-order valence-electron chi connectivity index (χ2n) is 9.48. The second-order valence-corrected chi connectivity index (χ2v) is 9.48. The van der Waals surface area contributed by atoms with Gasteiger partial charge in [-0.1, -0.05) is 30.3 Å². The summed E-state index contributed by atoms with van der Waals surface area (Å²) in [5.41, 5.74) is 5.05. The fourth-order valence-corrected chi connectivity index (χ4v) is 5.89. The van der Waals surface area contributed by atoms with Gasteiger partial charge in [-0.05, 0) is 74.1 Å². The molecule has 4 nitrogen and oxygen atoms in total. The van der Waals surface area contributed by atoms with Crippen molar-refractivity contribution in [3.8, 4) is 0 Å². The van der Waals surface area contributed by atoms with Crippen LogP contribution in [0.15, 0.2) is 42.6 Å². The molecule has 2 fully saturated rings. The minimum Gasteiger partial charge on any atom is -0.339 e. The maximum absolute atomic E-state index is 13.1. The zero-order chi connectivity index (χ0) is 19.8. The van der Waals surface area contributed by atoms with Gasteiger partial charge < -0.3 is 9.80 Å². The Morgan fingerprint density at radius 1 is 1.14 bits per heavy atom. The number of benzene rings is 1. The number of rotatable bonds is 2. The summed E-state index contributed by atoms with van der Waals surface area (Å²) in [7, 11) is 2.25. The molecule has 1 unspecified atom stereocenters. The Hall–Kier alpha value is -2.20. The minimum absolute atomic E-state index is 0.172. The summed E-state index contributed by atoms with van der Waals surface area (Å²) in [5.74, 6) is 0.768. The van der Waals surface area contributed by atoms with Crippen LogP contribution >= 0.6 is 0 Å². The van der Waals surface area contributed by atoms with Gasteiger partial charge in [0.2, 0.25) is 0 Å². The van der Waals surface area contributed by atoms with Gasteiger partial charge >= 0.3 is 0 Å². The van der Waals surface area contributed by atoms with Crippen molar-refractivity contribution >= 4 is 5.91 Å². The van der Waals surface area contributed by atoms with Gasteiger partial charge in [0.05, 0.1) is 5.56 Å². The molecule has 3 heterocycles. The molecular weight excluding hydrogens is 358 g/mol. The highest BCUT2D eigenvalue weighted by atomic mass is 16.2.